The van der Waals surface area contributed by atoms with Gasteiger partial charge in [-0.3, -0.25) is 0 Å². The fourth-order valence-corrected chi connectivity index (χ4v) is 2.57. The molecule has 0 spiro atoms. The minimum Gasteiger partial charge on any atom is -0.493 e. The van der Waals surface area contributed by atoms with Gasteiger partial charge < -0.3 is 25.0 Å². The van der Waals surface area contributed by atoms with Crippen LogP contribution in [0.4, 0.5) is 4.79 Å². The zero-order chi connectivity index (χ0) is 18.3. The van der Waals surface area contributed by atoms with E-state index in [1.807, 2.05) is 39.2 Å². The molecule has 0 saturated heterocycles. The third-order valence-electron chi connectivity index (χ3n) is 4.14. The molecule has 1 rings (SSSR count). The summed E-state index contributed by atoms with van der Waals surface area (Å²) in [6.45, 7) is 7.63. The number of nitrogens with one attached hydrogen (secondary N) is 2. The maximum atomic E-state index is 12.1. The highest BCUT2D eigenvalue weighted by molar-refractivity contribution is 5.74. The van der Waals surface area contributed by atoms with Crippen LogP contribution in [0.2, 0.25) is 0 Å². The Bertz CT molecular complexity index is 544. The van der Waals surface area contributed by atoms with Crippen LogP contribution in [0.15, 0.2) is 18.2 Å². The molecule has 0 heterocycles. The SMILES string of the molecule is COc1ccc(CNC(=O)N[C@H](C)C(C)(C)CN(C)C)cc1OC. The van der Waals surface area contributed by atoms with Crippen LogP contribution in [0, 0.1) is 5.41 Å². The molecule has 2 N–H and O–H groups in total. The zero-order valence-corrected chi connectivity index (χ0v) is 15.9. The molecular weight excluding hydrogens is 306 g/mol. The predicted molar refractivity (Wildman–Crippen MR) is 96.7 cm³/mol. The summed E-state index contributed by atoms with van der Waals surface area (Å²) < 4.78 is 10.5. The van der Waals surface area contributed by atoms with Gasteiger partial charge in [0.25, 0.3) is 0 Å². The summed E-state index contributed by atoms with van der Waals surface area (Å²) in [5, 5.41) is 5.90. The fourth-order valence-electron chi connectivity index (χ4n) is 2.57. The lowest BCUT2D eigenvalue weighted by Crippen LogP contribution is -2.50. The molecule has 1 aromatic carbocycles. The number of benzene rings is 1. The molecule has 0 radical (unpaired) electrons. The number of urea groups is 1. The van der Waals surface area contributed by atoms with Crippen molar-refractivity contribution >= 4 is 6.03 Å². The van der Waals surface area contributed by atoms with Crippen molar-refractivity contribution < 1.29 is 14.3 Å². The minimum atomic E-state index is -0.177. The Labute approximate surface area is 145 Å². The number of hydrogen-bond donors (Lipinski definition) is 2. The standard InChI is InChI=1S/C18H31N3O3/c1-13(18(2,3)12-21(4)5)20-17(22)19-11-14-8-9-15(23-6)16(10-14)24-7/h8-10,13H,11-12H2,1-7H3,(H2,19,20,22)/t13-/m1/s1. The van der Waals surface area contributed by atoms with E-state index in [0.717, 1.165) is 12.1 Å². The van der Waals surface area contributed by atoms with Crippen molar-refractivity contribution in [1.29, 1.82) is 0 Å². The molecule has 0 bridgehead atoms. The molecular formula is C18H31N3O3. The molecule has 0 aliphatic heterocycles. The first-order chi connectivity index (χ1) is 11.2. The summed E-state index contributed by atoms with van der Waals surface area (Å²) in [4.78, 5) is 14.3. The van der Waals surface area contributed by atoms with Gasteiger partial charge >= 0.3 is 6.03 Å². The maximum Gasteiger partial charge on any atom is 0.315 e. The highest BCUT2D eigenvalue weighted by Gasteiger charge is 2.27. The van der Waals surface area contributed by atoms with Crippen LogP contribution in [0.1, 0.15) is 26.3 Å². The largest absolute Gasteiger partial charge is 0.493 e. The van der Waals surface area contributed by atoms with Crippen LogP contribution in [0.25, 0.3) is 0 Å². The summed E-state index contributed by atoms with van der Waals surface area (Å²) in [6.07, 6.45) is 0. The molecule has 0 aromatic heterocycles. The molecule has 136 valence electrons. The Balaban J connectivity index is 2.57. The molecule has 0 aliphatic rings. The molecule has 0 aliphatic carbocycles. The third-order valence-corrected chi connectivity index (χ3v) is 4.14. The molecule has 6 nitrogen and oxygen atoms in total. The Morgan fingerprint density at radius 2 is 1.83 bits per heavy atom. The van der Waals surface area contributed by atoms with Gasteiger partial charge in [0.1, 0.15) is 0 Å². The number of rotatable bonds is 8. The second kappa shape index (κ2) is 8.78. The lowest BCUT2D eigenvalue weighted by Gasteiger charge is -2.34. The number of nitrogens with zero attached hydrogens (tertiary/aromatic N) is 1. The third kappa shape index (κ3) is 5.92. The van der Waals surface area contributed by atoms with Crippen LogP contribution in [0.5, 0.6) is 11.5 Å². The molecule has 0 fully saturated rings. The average molecular weight is 337 g/mol. The molecule has 1 atom stereocenters. The van der Waals surface area contributed by atoms with Gasteiger partial charge in [-0.2, -0.15) is 0 Å². The van der Waals surface area contributed by atoms with E-state index in [0.29, 0.717) is 18.0 Å². The van der Waals surface area contributed by atoms with Gasteiger partial charge in [-0.25, -0.2) is 4.79 Å². The van der Waals surface area contributed by atoms with Crippen LogP contribution in [0.3, 0.4) is 0 Å². The van der Waals surface area contributed by atoms with Gasteiger partial charge in [-0.05, 0) is 44.1 Å². The van der Waals surface area contributed by atoms with Gasteiger partial charge in [0.05, 0.1) is 14.2 Å². The number of ether oxygens (including phenoxy) is 2. The van der Waals surface area contributed by atoms with Crippen molar-refractivity contribution in [3.05, 3.63) is 23.8 Å². The first-order valence-electron chi connectivity index (χ1n) is 8.09. The Morgan fingerprint density at radius 3 is 2.38 bits per heavy atom. The van der Waals surface area contributed by atoms with Crippen molar-refractivity contribution in [2.75, 3.05) is 34.9 Å². The maximum absolute atomic E-state index is 12.1. The summed E-state index contributed by atoms with van der Waals surface area (Å²) in [6, 6.07) is 5.46. The Hall–Kier alpha value is -1.95. The monoisotopic (exact) mass is 337 g/mol. The van der Waals surface area contributed by atoms with E-state index < -0.39 is 0 Å². The van der Waals surface area contributed by atoms with Gasteiger partial charge in [-0.15, -0.1) is 0 Å². The predicted octanol–water partition coefficient (Wildman–Crippen LogP) is 2.48. The number of amides is 2. The van der Waals surface area contributed by atoms with Crippen LogP contribution >= 0.6 is 0 Å². The van der Waals surface area contributed by atoms with E-state index in [1.165, 1.54) is 0 Å². The number of carbonyl (C=O) groups is 1. The van der Waals surface area contributed by atoms with E-state index in [2.05, 4.69) is 29.4 Å². The molecule has 1 aromatic rings. The molecule has 24 heavy (non-hydrogen) atoms. The highest BCUT2D eigenvalue weighted by Crippen LogP contribution is 2.27. The molecule has 0 unspecified atom stereocenters. The smallest absolute Gasteiger partial charge is 0.315 e. The molecule has 0 saturated carbocycles. The minimum absolute atomic E-state index is 0.0236. The summed E-state index contributed by atoms with van der Waals surface area (Å²) in [7, 11) is 7.26. The van der Waals surface area contributed by atoms with Crippen LogP contribution in [-0.4, -0.2) is 51.8 Å². The second-order valence-electron chi connectivity index (χ2n) is 6.96. The van der Waals surface area contributed by atoms with Crippen molar-refractivity contribution in [2.45, 2.75) is 33.4 Å². The topological polar surface area (TPSA) is 62.8 Å². The Kier molecular flexibility index (Phi) is 7.35. The van der Waals surface area contributed by atoms with Crippen molar-refractivity contribution in [1.82, 2.24) is 15.5 Å². The van der Waals surface area contributed by atoms with E-state index >= 15 is 0 Å². The number of methoxy groups -OCH3 is 2. The van der Waals surface area contributed by atoms with Crippen LogP contribution in [-0.2, 0) is 6.54 Å². The van der Waals surface area contributed by atoms with Gasteiger partial charge in [0.15, 0.2) is 11.5 Å². The first kappa shape index (κ1) is 20.1. The van der Waals surface area contributed by atoms with Gasteiger partial charge in [0, 0.05) is 19.1 Å². The van der Waals surface area contributed by atoms with Gasteiger partial charge in [0.2, 0.25) is 0 Å². The summed E-state index contributed by atoms with van der Waals surface area (Å²) >= 11 is 0. The van der Waals surface area contributed by atoms with E-state index in [4.69, 9.17) is 9.47 Å². The summed E-state index contributed by atoms with van der Waals surface area (Å²) in [5.74, 6) is 1.32. The van der Waals surface area contributed by atoms with Crippen LogP contribution < -0.4 is 20.1 Å². The quantitative estimate of drug-likeness (QED) is 0.765. The fraction of sp³-hybridized carbons (Fsp3) is 0.611. The number of carbonyl (C=O) groups excluding carboxylic acids is 1. The normalized spacial score (nSPS) is 12.7. The lowest BCUT2D eigenvalue weighted by molar-refractivity contribution is 0.179. The summed E-state index contributed by atoms with van der Waals surface area (Å²) in [5.41, 5.74) is 0.924. The number of hydrogen-bond acceptors (Lipinski definition) is 4. The second-order valence-corrected chi connectivity index (χ2v) is 6.96. The van der Waals surface area contributed by atoms with Gasteiger partial charge in [-0.1, -0.05) is 19.9 Å². The zero-order valence-electron chi connectivity index (χ0n) is 15.9. The lowest BCUT2D eigenvalue weighted by atomic mass is 9.85. The van der Waals surface area contributed by atoms with Crippen molar-refractivity contribution in [3.8, 4) is 11.5 Å². The van der Waals surface area contributed by atoms with Crippen molar-refractivity contribution in [3.63, 3.8) is 0 Å². The highest BCUT2D eigenvalue weighted by atomic mass is 16.5. The average Bonchev–Trinajstić information content (AvgIpc) is 2.51. The first-order valence-corrected chi connectivity index (χ1v) is 8.09. The van der Waals surface area contributed by atoms with E-state index in [1.54, 1.807) is 14.2 Å². The molecule has 6 heteroatoms. The van der Waals surface area contributed by atoms with Crippen molar-refractivity contribution in [2.24, 2.45) is 5.41 Å². The van der Waals surface area contributed by atoms with E-state index in [9.17, 15) is 4.79 Å². The Morgan fingerprint density at radius 1 is 1.21 bits per heavy atom. The van der Waals surface area contributed by atoms with E-state index in [-0.39, 0.29) is 17.5 Å². The molecule has 2 amide bonds.